The second-order valence-electron chi connectivity index (χ2n) is 7.57. The minimum atomic E-state index is -0.451. The first kappa shape index (κ1) is 18.5. The average molecular weight is 381 g/mol. The number of hydrogen-bond acceptors (Lipinski definition) is 6. The fraction of sp³-hybridized carbons (Fsp3) is 0.318. The second kappa shape index (κ2) is 6.96. The molecule has 0 atom stereocenters. The molecule has 0 saturated carbocycles. The van der Waals surface area contributed by atoms with Crippen molar-refractivity contribution in [2.45, 2.75) is 25.9 Å². The Labute approximate surface area is 162 Å². The lowest BCUT2D eigenvalue weighted by Gasteiger charge is -2.39. The Morgan fingerprint density at radius 1 is 1.18 bits per heavy atom. The molecular formula is C22H23NO5. The summed E-state index contributed by atoms with van der Waals surface area (Å²) in [5.41, 5.74) is 2.18. The van der Waals surface area contributed by atoms with Crippen molar-refractivity contribution in [3.8, 4) is 22.6 Å². The van der Waals surface area contributed by atoms with Crippen molar-refractivity contribution in [3.63, 3.8) is 0 Å². The van der Waals surface area contributed by atoms with Gasteiger partial charge < -0.3 is 19.0 Å². The van der Waals surface area contributed by atoms with E-state index in [1.165, 1.54) is 6.07 Å². The third-order valence-corrected chi connectivity index (χ3v) is 5.34. The van der Waals surface area contributed by atoms with E-state index in [0.717, 1.165) is 27.8 Å². The van der Waals surface area contributed by atoms with Gasteiger partial charge in [-0.1, -0.05) is 12.1 Å². The Balaban J connectivity index is 1.87. The third kappa shape index (κ3) is 3.15. The van der Waals surface area contributed by atoms with Crippen LogP contribution in [0.4, 0.5) is 0 Å². The number of methoxy groups -OCH3 is 1. The highest BCUT2D eigenvalue weighted by molar-refractivity contribution is 5.95. The van der Waals surface area contributed by atoms with Crippen LogP contribution in [-0.4, -0.2) is 36.0 Å². The summed E-state index contributed by atoms with van der Waals surface area (Å²) in [6, 6.07) is 12.9. The number of aliphatic hydroxyl groups is 1. The monoisotopic (exact) mass is 381 g/mol. The highest BCUT2D eigenvalue weighted by Gasteiger charge is 2.32. The third-order valence-electron chi connectivity index (χ3n) is 5.34. The zero-order valence-corrected chi connectivity index (χ0v) is 16.2. The molecule has 0 spiro atoms. The molecule has 2 heterocycles. The molecule has 4 rings (SSSR count). The van der Waals surface area contributed by atoms with Crippen molar-refractivity contribution in [1.82, 2.24) is 4.90 Å². The highest BCUT2D eigenvalue weighted by atomic mass is 16.5. The number of hydrogen-bond donors (Lipinski definition) is 1. The minimum absolute atomic E-state index is 0.00247. The van der Waals surface area contributed by atoms with Gasteiger partial charge in [0.25, 0.3) is 0 Å². The Morgan fingerprint density at radius 2 is 1.93 bits per heavy atom. The van der Waals surface area contributed by atoms with E-state index < -0.39 is 11.2 Å². The summed E-state index contributed by atoms with van der Waals surface area (Å²) in [6.45, 7) is 4.79. The molecule has 0 radical (unpaired) electrons. The Morgan fingerprint density at radius 3 is 2.61 bits per heavy atom. The van der Waals surface area contributed by atoms with Crippen LogP contribution in [0.1, 0.15) is 19.4 Å². The summed E-state index contributed by atoms with van der Waals surface area (Å²) in [6.07, 6.45) is 0. The number of ether oxygens (including phenoxy) is 2. The molecule has 146 valence electrons. The molecule has 0 amide bonds. The summed E-state index contributed by atoms with van der Waals surface area (Å²) in [7, 11) is 1.62. The molecule has 28 heavy (non-hydrogen) atoms. The molecule has 0 saturated heterocycles. The summed E-state index contributed by atoms with van der Waals surface area (Å²) in [4.78, 5) is 14.4. The van der Waals surface area contributed by atoms with Gasteiger partial charge in [0.2, 0.25) is 0 Å². The maximum absolute atomic E-state index is 12.3. The summed E-state index contributed by atoms with van der Waals surface area (Å²) >= 11 is 0. The van der Waals surface area contributed by atoms with Crippen molar-refractivity contribution in [2.24, 2.45) is 0 Å². The lowest BCUT2D eigenvalue weighted by atomic mass is 9.97. The molecular weight excluding hydrogens is 358 g/mol. The second-order valence-corrected chi connectivity index (χ2v) is 7.57. The van der Waals surface area contributed by atoms with Crippen LogP contribution in [0.25, 0.3) is 22.1 Å². The van der Waals surface area contributed by atoms with Gasteiger partial charge in [0, 0.05) is 23.5 Å². The van der Waals surface area contributed by atoms with Crippen LogP contribution >= 0.6 is 0 Å². The molecule has 0 bridgehead atoms. The number of nitrogens with zero attached hydrogens (tertiary/aromatic N) is 1. The standard InChI is InChI=1S/C22H23NO5/c1-22(2,12-24)23-11-18-19(27-13-23)9-8-16-17(10-20(25)28-21(16)18)14-4-6-15(26-3)7-5-14/h4-10,24H,11-13H2,1-3H3. The Kier molecular flexibility index (Phi) is 4.61. The fourth-order valence-corrected chi connectivity index (χ4v) is 3.43. The SMILES string of the molecule is COc1ccc(-c2cc(=O)oc3c4c(ccc23)OCN(C(C)(C)CO)C4)cc1. The highest BCUT2D eigenvalue weighted by Crippen LogP contribution is 2.37. The molecule has 1 N–H and O–H groups in total. The van der Waals surface area contributed by atoms with Crippen LogP contribution in [0, 0.1) is 0 Å². The predicted octanol–water partition coefficient (Wildman–Crippen LogP) is 3.39. The van der Waals surface area contributed by atoms with Crippen molar-refractivity contribution in [2.75, 3.05) is 20.4 Å². The maximum atomic E-state index is 12.3. The van der Waals surface area contributed by atoms with E-state index in [2.05, 4.69) is 0 Å². The first-order chi connectivity index (χ1) is 13.4. The average Bonchev–Trinajstić information content (AvgIpc) is 2.72. The Bertz CT molecular complexity index is 1070. The molecule has 0 unspecified atom stereocenters. The van der Waals surface area contributed by atoms with Crippen LogP contribution in [0.3, 0.4) is 0 Å². The molecule has 1 aromatic heterocycles. The van der Waals surface area contributed by atoms with E-state index in [9.17, 15) is 9.90 Å². The van der Waals surface area contributed by atoms with Gasteiger partial charge in [0.05, 0.1) is 19.3 Å². The number of fused-ring (bicyclic) bond motifs is 3. The van der Waals surface area contributed by atoms with Gasteiger partial charge in [0.15, 0.2) is 0 Å². The predicted molar refractivity (Wildman–Crippen MR) is 107 cm³/mol. The lowest BCUT2D eigenvalue weighted by molar-refractivity contribution is -0.0165. The van der Waals surface area contributed by atoms with Crippen molar-refractivity contribution in [3.05, 3.63) is 58.4 Å². The van der Waals surface area contributed by atoms with Gasteiger partial charge in [0.1, 0.15) is 23.8 Å². The summed E-state index contributed by atoms with van der Waals surface area (Å²) in [5, 5.41) is 10.5. The van der Waals surface area contributed by atoms with Crippen LogP contribution in [-0.2, 0) is 6.54 Å². The normalized spacial score (nSPS) is 14.6. The maximum Gasteiger partial charge on any atom is 0.336 e. The Hall–Kier alpha value is -2.83. The number of rotatable bonds is 4. The first-order valence-corrected chi connectivity index (χ1v) is 9.16. The molecule has 6 heteroatoms. The zero-order chi connectivity index (χ0) is 19.9. The van der Waals surface area contributed by atoms with E-state index in [1.54, 1.807) is 7.11 Å². The molecule has 0 fully saturated rings. The van der Waals surface area contributed by atoms with Crippen LogP contribution in [0.5, 0.6) is 11.5 Å². The largest absolute Gasteiger partial charge is 0.497 e. The number of aliphatic hydroxyl groups excluding tert-OH is 1. The zero-order valence-electron chi connectivity index (χ0n) is 16.2. The molecule has 1 aliphatic heterocycles. The first-order valence-electron chi connectivity index (χ1n) is 9.16. The molecule has 6 nitrogen and oxygen atoms in total. The lowest BCUT2D eigenvalue weighted by Crippen LogP contribution is -2.49. The van der Waals surface area contributed by atoms with Gasteiger partial charge in [-0.25, -0.2) is 4.79 Å². The van der Waals surface area contributed by atoms with E-state index >= 15 is 0 Å². The van der Waals surface area contributed by atoms with Crippen LogP contribution < -0.4 is 15.1 Å². The van der Waals surface area contributed by atoms with Crippen molar-refractivity contribution >= 4 is 11.0 Å². The summed E-state index contributed by atoms with van der Waals surface area (Å²) < 4.78 is 16.7. The molecule has 0 aliphatic carbocycles. The van der Waals surface area contributed by atoms with Gasteiger partial charge in [-0.05, 0) is 49.2 Å². The van der Waals surface area contributed by atoms with E-state index in [4.69, 9.17) is 13.9 Å². The summed E-state index contributed by atoms with van der Waals surface area (Å²) in [5.74, 6) is 1.45. The quantitative estimate of drug-likeness (QED) is 0.699. The van der Waals surface area contributed by atoms with Gasteiger partial charge in [-0.2, -0.15) is 0 Å². The smallest absolute Gasteiger partial charge is 0.336 e. The molecule has 3 aromatic rings. The van der Waals surface area contributed by atoms with Gasteiger partial charge in [-0.3, -0.25) is 4.90 Å². The van der Waals surface area contributed by atoms with Crippen LogP contribution in [0.2, 0.25) is 0 Å². The van der Waals surface area contributed by atoms with Crippen molar-refractivity contribution in [1.29, 1.82) is 0 Å². The number of benzene rings is 2. The molecule has 1 aliphatic rings. The van der Waals surface area contributed by atoms with E-state index in [-0.39, 0.29) is 6.61 Å². The van der Waals surface area contributed by atoms with E-state index in [0.29, 0.717) is 24.6 Å². The van der Waals surface area contributed by atoms with Crippen LogP contribution in [0.15, 0.2) is 51.7 Å². The topological polar surface area (TPSA) is 72.1 Å². The van der Waals surface area contributed by atoms with Crippen molar-refractivity contribution < 1.29 is 19.0 Å². The van der Waals surface area contributed by atoms with E-state index in [1.807, 2.05) is 55.1 Å². The van der Waals surface area contributed by atoms with Gasteiger partial charge >= 0.3 is 5.63 Å². The minimum Gasteiger partial charge on any atom is -0.497 e. The fourth-order valence-electron chi connectivity index (χ4n) is 3.43. The van der Waals surface area contributed by atoms with Gasteiger partial charge in [-0.15, -0.1) is 0 Å². The molecule has 2 aromatic carbocycles.